The van der Waals surface area contributed by atoms with Crippen LogP contribution in [0.4, 0.5) is 10.5 Å². The molecule has 0 aliphatic carbocycles. The summed E-state index contributed by atoms with van der Waals surface area (Å²) < 4.78 is 0. The van der Waals surface area contributed by atoms with E-state index in [1.807, 2.05) is 12.1 Å². The number of carbonyl (C=O) groups excluding carboxylic acids is 1. The lowest BCUT2D eigenvalue weighted by atomic mass is 10.1. The monoisotopic (exact) mass is 190 g/mol. The van der Waals surface area contributed by atoms with Crippen molar-refractivity contribution in [2.24, 2.45) is 0 Å². The summed E-state index contributed by atoms with van der Waals surface area (Å²) in [6.45, 7) is 2.86. The molecule has 3 heteroatoms. The van der Waals surface area contributed by atoms with Gasteiger partial charge < -0.3 is 5.32 Å². The van der Waals surface area contributed by atoms with E-state index in [2.05, 4.69) is 18.3 Å². The average molecular weight is 190 g/mol. The Kier molecular flexibility index (Phi) is 2.15. The number of hydrogen-bond donors (Lipinski definition) is 1. The molecule has 0 radical (unpaired) electrons. The molecule has 0 saturated heterocycles. The molecular weight excluding hydrogens is 176 g/mol. The molecule has 0 bridgehead atoms. The minimum absolute atomic E-state index is 0.0207. The molecule has 1 aromatic rings. The van der Waals surface area contributed by atoms with Crippen molar-refractivity contribution >= 4 is 11.7 Å². The molecule has 0 unspecified atom stereocenters. The van der Waals surface area contributed by atoms with Crippen molar-refractivity contribution in [2.45, 2.75) is 13.3 Å². The van der Waals surface area contributed by atoms with E-state index in [1.165, 1.54) is 11.1 Å². The lowest BCUT2D eigenvalue weighted by Crippen LogP contribution is -2.36. The summed E-state index contributed by atoms with van der Waals surface area (Å²) in [7, 11) is 1.66. The highest BCUT2D eigenvalue weighted by molar-refractivity contribution is 5.94. The molecule has 1 heterocycles. The van der Waals surface area contributed by atoms with Gasteiger partial charge in [-0.25, -0.2) is 4.79 Å². The molecule has 2 amide bonds. The molecule has 1 aliphatic heterocycles. The van der Waals surface area contributed by atoms with Gasteiger partial charge in [0.15, 0.2) is 0 Å². The lowest BCUT2D eigenvalue weighted by molar-refractivity contribution is 0.248. The number of amides is 2. The number of carbonyl (C=O) groups is 1. The third-order valence-electron chi connectivity index (χ3n) is 2.59. The Labute approximate surface area is 83.7 Å². The van der Waals surface area contributed by atoms with Crippen LogP contribution in [0.2, 0.25) is 0 Å². The molecule has 1 N–H and O–H groups in total. The molecule has 1 aliphatic rings. The van der Waals surface area contributed by atoms with E-state index in [0.717, 1.165) is 18.7 Å². The maximum atomic E-state index is 11.5. The van der Waals surface area contributed by atoms with Crippen molar-refractivity contribution in [3.63, 3.8) is 0 Å². The van der Waals surface area contributed by atoms with Crippen molar-refractivity contribution in [3.05, 3.63) is 29.3 Å². The Bertz CT molecular complexity index is 374. The van der Waals surface area contributed by atoms with E-state index in [-0.39, 0.29) is 6.03 Å². The smallest absolute Gasteiger partial charge is 0.321 e. The minimum atomic E-state index is -0.0207. The van der Waals surface area contributed by atoms with Gasteiger partial charge in [-0.2, -0.15) is 0 Å². The Morgan fingerprint density at radius 2 is 2.29 bits per heavy atom. The first-order chi connectivity index (χ1) is 6.72. The SMILES string of the molecule is CNC(=O)N1CCc2cc(C)ccc21. The molecule has 0 spiro atoms. The number of benzene rings is 1. The van der Waals surface area contributed by atoms with E-state index >= 15 is 0 Å². The Morgan fingerprint density at radius 1 is 1.50 bits per heavy atom. The number of aryl methyl sites for hydroxylation is 1. The maximum absolute atomic E-state index is 11.5. The molecule has 14 heavy (non-hydrogen) atoms. The zero-order valence-electron chi connectivity index (χ0n) is 8.50. The van der Waals surface area contributed by atoms with Gasteiger partial charge in [-0.3, -0.25) is 4.90 Å². The summed E-state index contributed by atoms with van der Waals surface area (Å²) in [5.41, 5.74) is 3.58. The van der Waals surface area contributed by atoms with Gasteiger partial charge in [0.25, 0.3) is 0 Å². The fourth-order valence-corrected chi connectivity index (χ4v) is 1.88. The van der Waals surface area contributed by atoms with E-state index < -0.39 is 0 Å². The van der Waals surface area contributed by atoms with Gasteiger partial charge in [0, 0.05) is 19.3 Å². The summed E-state index contributed by atoms with van der Waals surface area (Å²) in [5, 5.41) is 2.65. The average Bonchev–Trinajstić information content (AvgIpc) is 2.59. The van der Waals surface area contributed by atoms with Crippen LogP contribution in [0.5, 0.6) is 0 Å². The summed E-state index contributed by atoms with van der Waals surface area (Å²) >= 11 is 0. The number of rotatable bonds is 0. The molecule has 0 atom stereocenters. The Hall–Kier alpha value is -1.51. The molecule has 0 aromatic heterocycles. The van der Waals surface area contributed by atoms with Gasteiger partial charge >= 0.3 is 6.03 Å². The Balaban J connectivity index is 2.35. The Morgan fingerprint density at radius 3 is 3.00 bits per heavy atom. The third kappa shape index (κ3) is 1.35. The van der Waals surface area contributed by atoms with Crippen molar-refractivity contribution < 1.29 is 4.79 Å². The molecule has 1 aromatic carbocycles. The van der Waals surface area contributed by atoms with Crippen molar-refractivity contribution in [1.29, 1.82) is 0 Å². The van der Waals surface area contributed by atoms with Crippen LogP contribution >= 0.6 is 0 Å². The normalized spacial score (nSPS) is 14.0. The topological polar surface area (TPSA) is 32.3 Å². The maximum Gasteiger partial charge on any atom is 0.321 e. The van der Waals surface area contributed by atoms with Crippen molar-refractivity contribution in [2.75, 3.05) is 18.5 Å². The lowest BCUT2D eigenvalue weighted by Gasteiger charge is -2.16. The van der Waals surface area contributed by atoms with Gasteiger partial charge in [0.1, 0.15) is 0 Å². The predicted octanol–water partition coefficient (Wildman–Crippen LogP) is 1.70. The third-order valence-corrected chi connectivity index (χ3v) is 2.59. The van der Waals surface area contributed by atoms with Crippen molar-refractivity contribution in [1.82, 2.24) is 5.32 Å². The van der Waals surface area contributed by atoms with Gasteiger partial charge in [-0.1, -0.05) is 17.7 Å². The number of hydrogen-bond acceptors (Lipinski definition) is 1. The molecule has 2 rings (SSSR count). The van der Waals surface area contributed by atoms with E-state index in [1.54, 1.807) is 11.9 Å². The summed E-state index contributed by atoms with van der Waals surface area (Å²) in [6, 6.07) is 6.19. The number of urea groups is 1. The first-order valence-electron chi connectivity index (χ1n) is 4.81. The minimum Gasteiger partial charge on any atom is -0.341 e. The number of nitrogens with one attached hydrogen (secondary N) is 1. The summed E-state index contributed by atoms with van der Waals surface area (Å²) in [6.07, 6.45) is 0.963. The van der Waals surface area contributed by atoms with Crippen LogP contribution < -0.4 is 10.2 Å². The largest absolute Gasteiger partial charge is 0.341 e. The van der Waals surface area contributed by atoms with E-state index in [9.17, 15) is 4.79 Å². The van der Waals surface area contributed by atoms with Crippen LogP contribution in [0.1, 0.15) is 11.1 Å². The van der Waals surface area contributed by atoms with Crippen LogP contribution in [-0.4, -0.2) is 19.6 Å². The van der Waals surface area contributed by atoms with Gasteiger partial charge in [0.05, 0.1) is 0 Å². The highest BCUT2D eigenvalue weighted by atomic mass is 16.2. The molecule has 74 valence electrons. The zero-order valence-corrected chi connectivity index (χ0v) is 8.50. The molecule has 0 fully saturated rings. The van der Waals surface area contributed by atoms with Gasteiger partial charge in [0.2, 0.25) is 0 Å². The number of anilines is 1. The van der Waals surface area contributed by atoms with E-state index in [4.69, 9.17) is 0 Å². The summed E-state index contributed by atoms with van der Waals surface area (Å²) in [5.74, 6) is 0. The second-order valence-electron chi connectivity index (χ2n) is 3.59. The summed E-state index contributed by atoms with van der Waals surface area (Å²) in [4.78, 5) is 13.3. The fraction of sp³-hybridized carbons (Fsp3) is 0.364. The van der Waals surface area contributed by atoms with Gasteiger partial charge in [-0.15, -0.1) is 0 Å². The van der Waals surface area contributed by atoms with Gasteiger partial charge in [-0.05, 0) is 25.0 Å². The number of fused-ring (bicyclic) bond motifs is 1. The second kappa shape index (κ2) is 3.33. The molecule has 3 nitrogen and oxygen atoms in total. The zero-order chi connectivity index (χ0) is 10.1. The standard InChI is InChI=1S/C11H14N2O/c1-8-3-4-10-9(7-8)5-6-13(10)11(14)12-2/h3-4,7H,5-6H2,1-2H3,(H,12,14). The van der Waals surface area contributed by atoms with Crippen LogP contribution in [0.25, 0.3) is 0 Å². The predicted molar refractivity (Wildman–Crippen MR) is 56.7 cm³/mol. The second-order valence-corrected chi connectivity index (χ2v) is 3.59. The highest BCUT2D eigenvalue weighted by Gasteiger charge is 2.23. The molecular formula is C11H14N2O. The van der Waals surface area contributed by atoms with Crippen LogP contribution in [-0.2, 0) is 6.42 Å². The highest BCUT2D eigenvalue weighted by Crippen LogP contribution is 2.28. The fourth-order valence-electron chi connectivity index (χ4n) is 1.88. The van der Waals surface area contributed by atoms with E-state index in [0.29, 0.717) is 0 Å². The van der Waals surface area contributed by atoms with Crippen molar-refractivity contribution in [3.8, 4) is 0 Å². The number of nitrogens with zero attached hydrogens (tertiary/aromatic N) is 1. The first-order valence-corrected chi connectivity index (χ1v) is 4.81. The molecule has 0 saturated carbocycles. The first kappa shape index (κ1) is 9.06. The van der Waals surface area contributed by atoms with Crippen LogP contribution in [0.15, 0.2) is 18.2 Å². The quantitative estimate of drug-likeness (QED) is 0.663. The van der Waals surface area contributed by atoms with Crippen LogP contribution in [0.3, 0.4) is 0 Å². The van der Waals surface area contributed by atoms with Crippen LogP contribution in [0, 0.1) is 6.92 Å².